The normalized spacial score (nSPS) is 10.3. The van der Waals surface area contributed by atoms with Crippen LogP contribution in [0.3, 0.4) is 0 Å². The van der Waals surface area contributed by atoms with Crippen LogP contribution in [0.25, 0.3) is 0 Å². The van der Waals surface area contributed by atoms with Crippen LogP contribution >= 0.6 is 11.6 Å². The predicted molar refractivity (Wildman–Crippen MR) is 82.1 cm³/mol. The Labute approximate surface area is 124 Å². The van der Waals surface area contributed by atoms with Crippen LogP contribution in [-0.2, 0) is 11.2 Å². The lowest BCUT2D eigenvalue weighted by molar-refractivity contribution is -0.116. The Morgan fingerprint density at radius 2 is 1.90 bits per heavy atom. The van der Waals surface area contributed by atoms with E-state index >= 15 is 0 Å². The first kappa shape index (κ1) is 14.5. The first-order chi connectivity index (χ1) is 9.54. The van der Waals surface area contributed by atoms with E-state index in [2.05, 4.69) is 22.4 Å². The number of aromatic nitrogens is 1. The number of pyridine rings is 1. The molecule has 0 aliphatic heterocycles. The lowest BCUT2D eigenvalue weighted by Gasteiger charge is -2.07. The van der Waals surface area contributed by atoms with E-state index in [1.165, 1.54) is 5.56 Å². The summed E-state index contributed by atoms with van der Waals surface area (Å²) in [5, 5.41) is 3.12. The summed E-state index contributed by atoms with van der Waals surface area (Å²) < 4.78 is 0. The monoisotopic (exact) mass is 288 g/mol. The number of benzene rings is 1. The van der Waals surface area contributed by atoms with Crippen molar-refractivity contribution in [3.8, 4) is 0 Å². The third-order valence-electron chi connectivity index (χ3n) is 3.01. The number of carbonyl (C=O) groups excluding carboxylic acids is 1. The first-order valence-corrected chi connectivity index (χ1v) is 6.90. The molecule has 0 saturated heterocycles. The van der Waals surface area contributed by atoms with Crippen LogP contribution in [0.15, 0.2) is 36.5 Å². The fourth-order valence-corrected chi connectivity index (χ4v) is 2.02. The van der Waals surface area contributed by atoms with Crippen molar-refractivity contribution in [1.29, 1.82) is 0 Å². The molecular formula is C16H17ClN2O. The molecule has 1 aromatic carbocycles. The largest absolute Gasteiger partial charge is 0.323 e. The number of anilines is 1. The van der Waals surface area contributed by atoms with Gasteiger partial charge in [-0.05, 0) is 37.5 Å². The third kappa shape index (κ3) is 4.07. The summed E-state index contributed by atoms with van der Waals surface area (Å²) in [5.74, 6) is -0.0557. The van der Waals surface area contributed by atoms with E-state index in [0.29, 0.717) is 23.7 Å². The van der Waals surface area contributed by atoms with Crippen LogP contribution in [0.5, 0.6) is 0 Å². The fourth-order valence-electron chi connectivity index (χ4n) is 1.87. The minimum atomic E-state index is -0.0557. The Morgan fingerprint density at radius 3 is 2.60 bits per heavy atom. The van der Waals surface area contributed by atoms with Gasteiger partial charge in [0, 0.05) is 12.6 Å². The molecule has 0 fully saturated rings. The van der Waals surface area contributed by atoms with Gasteiger partial charge in [-0.25, -0.2) is 4.98 Å². The van der Waals surface area contributed by atoms with Crippen molar-refractivity contribution in [3.63, 3.8) is 0 Å². The van der Waals surface area contributed by atoms with Gasteiger partial charge in [-0.1, -0.05) is 41.4 Å². The van der Waals surface area contributed by atoms with Crippen LogP contribution in [-0.4, -0.2) is 10.9 Å². The summed E-state index contributed by atoms with van der Waals surface area (Å²) in [4.78, 5) is 15.9. The first-order valence-electron chi connectivity index (χ1n) is 6.52. The molecule has 0 spiro atoms. The van der Waals surface area contributed by atoms with Crippen molar-refractivity contribution in [1.82, 2.24) is 4.98 Å². The second kappa shape index (κ2) is 6.53. The van der Waals surface area contributed by atoms with Gasteiger partial charge in [-0.15, -0.1) is 0 Å². The molecule has 0 aliphatic rings. The van der Waals surface area contributed by atoms with E-state index in [1.54, 1.807) is 6.20 Å². The summed E-state index contributed by atoms with van der Waals surface area (Å²) >= 11 is 5.95. The van der Waals surface area contributed by atoms with E-state index in [4.69, 9.17) is 11.6 Å². The van der Waals surface area contributed by atoms with E-state index in [1.807, 2.05) is 32.0 Å². The summed E-state index contributed by atoms with van der Waals surface area (Å²) in [6.45, 7) is 3.95. The van der Waals surface area contributed by atoms with Gasteiger partial charge in [0.15, 0.2) is 5.15 Å². The van der Waals surface area contributed by atoms with Gasteiger partial charge in [-0.3, -0.25) is 4.79 Å². The van der Waals surface area contributed by atoms with Crippen molar-refractivity contribution in [3.05, 3.63) is 58.4 Å². The summed E-state index contributed by atoms with van der Waals surface area (Å²) in [6.07, 6.45) is 2.81. The molecule has 1 N–H and O–H groups in total. The summed E-state index contributed by atoms with van der Waals surface area (Å²) in [5.41, 5.74) is 3.90. The smallest absolute Gasteiger partial charge is 0.224 e. The standard InChI is InChI=1S/C16H17ClN2O/c1-11-3-5-13(6-4-11)7-8-15(20)19-14-9-12(2)10-18-16(14)17/h3-6,9-10H,7-8H2,1-2H3,(H,19,20). The van der Waals surface area contributed by atoms with Crippen molar-refractivity contribution in [2.24, 2.45) is 0 Å². The zero-order chi connectivity index (χ0) is 14.5. The van der Waals surface area contributed by atoms with Crippen LogP contribution in [0.4, 0.5) is 5.69 Å². The summed E-state index contributed by atoms with van der Waals surface area (Å²) in [7, 11) is 0. The molecule has 0 atom stereocenters. The van der Waals surface area contributed by atoms with Gasteiger partial charge in [-0.2, -0.15) is 0 Å². The van der Waals surface area contributed by atoms with E-state index in [-0.39, 0.29) is 5.91 Å². The molecule has 0 aliphatic carbocycles. The second-order valence-corrected chi connectivity index (χ2v) is 5.24. The highest BCUT2D eigenvalue weighted by Gasteiger charge is 2.07. The Balaban J connectivity index is 1.92. The van der Waals surface area contributed by atoms with Crippen molar-refractivity contribution in [2.45, 2.75) is 26.7 Å². The molecule has 2 aromatic rings. The number of nitrogens with one attached hydrogen (secondary N) is 1. The highest BCUT2D eigenvalue weighted by atomic mass is 35.5. The van der Waals surface area contributed by atoms with Gasteiger partial charge < -0.3 is 5.32 Å². The SMILES string of the molecule is Cc1ccc(CCC(=O)Nc2cc(C)cnc2Cl)cc1. The van der Waals surface area contributed by atoms with Crippen molar-refractivity contribution >= 4 is 23.2 Å². The predicted octanol–water partition coefficient (Wildman–Crippen LogP) is 3.92. The molecule has 0 radical (unpaired) electrons. The Hall–Kier alpha value is -1.87. The number of halogens is 1. The van der Waals surface area contributed by atoms with Crippen molar-refractivity contribution < 1.29 is 4.79 Å². The molecule has 1 aromatic heterocycles. The third-order valence-corrected chi connectivity index (χ3v) is 3.31. The van der Waals surface area contributed by atoms with Gasteiger partial charge >= 0.3 is 0 Å². The molecule has 0 unspecified atom stereocenters. The maximum Gasteiger partial charge on any atom is 0.224 e. The van der Waals surface area contributed by atoms with Gasteiger partial charge in [0.2, 0.25) is 5.91 Å². The van der Waals surface area contributed by atoms with E-state index in [0.717, 1.165) is 11.1 Å². The Morgan fingerprint density at radius 1 is 1.20 bits per heavy atom. The number of hydrogen-bond acceptors (Lipinski definition) is 2. The van der Waals surface area contributed by atoms with Crippen LogP contribution < -0.4 is 5.32 Å². The number of hydrogen-bond donors (Lipinski definition) is 1. The van der Waals surface area contributed by atoms with Crippen LogP contribution in [0.2, 0.25) is 5.15 Å². The lowest BCUT2D eigenvalue weighted by atomic mass is 10.1. The molecule has 1 amide bonds. The van der Waals surface area contributed by atoms with E-state index < -0.39 is 0 Å². The molecule has 0 saturated carbocycles. The molecule has 20 heavy (non-hydrogen) atoms. The second-order valence-electron chi connectivity index (χ2n) is 4.88. The summed E-state index contributed by atoms with van der Waals surface area (Å²) in [6, 6.07) is 10.0. The topological polar surface area (TPSA) is 42.0 Å². The zero-order valence-electron chi connectivity index (χ0n) is 11.6. The fraction of sp³-hybridized carbons (Fsp3) is 0.250. The van der Waals surface area contributed by atoms with Gasteiger partial charge in [0.1, 0.15) is 0 Å². The molecular weight excluding hydrogens is 272 g/mol. The maximum atomic E-state index is 11.9. The number of carbonyl (C=O) groups is 1. The van der Waals surface area contributed by atoms with Crippen LogP contribution in [0, 0.1) is 13.8 Å². The molecule has 1 heterocycles. The number of rotatable bonds is 4. The average molecular weight is 289 g/mol. The minimum Gasteiger partial charge on any atom is -0.323 e. The maximum absolute atomic E-state index is 11.9. The highest BCUT2D eigenvalue weighted by Crippen LogP contribution is 2.20. The van der Waals surface area contributed by atoms with Crippen molar-refractivity contribution in [2.75, 3.05) is 5.32 Å². The highest BCUT2D eigenvalue weighted by molar-refractivity contribution is 6.32. The number of nitrogens with zero attached hydrogens (tertiary/aromatic N) is 1. The van der Waals surface area contributed by atoms with Gasteiger partial charge in [0.25, 0.3) is 0 Å². The molecule has 0 bridgehead atoms. The van der Waals surface area contributed by atoms with Crippen LogP contribution in [0.1, 0.15) is 23.1 Å². The number of aryl methyl sites for hydroxylation is 3. The molecule has 104 valence electrons. The number of amides is 1. The lowest BCUT2D eigenvalue weighted by Crippen LogP contribution is -2.13. The molecule has 3 nitrogen and oxygen atoms in total. The van der Waals surface area contributed by atoms with E-state index in [9.17, 15) is 4.79 Å². The zero-order valence-corrected chi connectivity index (χ0v) is 12.4. The minimum absolute atomic E-state index is 0.0557. The molecule has 4 heteroatoms. The Bertz CT molecular complexity index is 608. The quantitative estimate of drug-likeness (QED) is 0.866. The van der Waals surface area contributed by atoms with Gasteiger partial charge in [0.05, 0.1) is 5.69 Å². The Kier molecular flexibility index (Phi) is 4.74. The average Bonchev–Trinajstić information content (AvgIpc) is 2.42. The molecule has 2 rings (SSSR count).